The minimum absolute atomic E-state index is 0.00794. The van der Waals surface area contributed by atoms with Crippen LogP contribution in [0.25, 0.3) is 0 Å². The maximum atomic E-state index is 11.9. The molecule has 3 saturated heterocycles. The zero-order chi connectivity index (χ0) is 17.7. The van der Waals surface area contributed by atoms with Crippen LogP contribution in [0.2, 0.25) is 0 Å². The van der Waals surface area contributed by atoms with Crippen LogP contribution in [-0.2, 0) is 9.53 Å². The summed E-state index contributed by atoms with van der Waals surface area (Å²) < 4.78 is 5.52. The second kappa shape index (κ2) is 12.7. The predicted octanol–water partition coefficient (Wildman–Crippen LogP) is 4.23. The average molecular weight is 353 g/mol. The van der Waals surface area contributed by atoms with E-state index in [9.17, 15) is 4.79 Å². The minimum Gasteiger partial charge on any atom is -0.464 e. The van der Waals surface area contributed by atoms with Crippen molar-refractivity contribution in [3.8, 4) is 0 Å². The highest BCUT2D eigenvalue weighted by Crippen LogP contribution is 2.16. The predicted molar refractivity (Wildman–Crippen MR) is 104 cm³/mol. The third-order valence-corrected chi connectivity index (χ3v) is 5.81. The number of nitrogens with zero attached hydrogens (tertiary/aromatic N) is 2. The van der Waals surface area contributed by atoms with Gasteiger partial charge in [0, 0.05) is 39.1 Å². The molecule has 2 bridgehead atoms. The smallest absolute Gasteiger partial charge is 0.305 e. The van der Waals surface area contributed by atoms with E-state index in [4.69, 9.17) is 4.74 Å². The molecule has 0 radical (unpaired) electrons. The fraction of sp³-hybridized carbons (Fsp3) is 0.952. The summed E-state index contributed by atoms with van der Waals surface area (Å²) in [5, 5.41) is 0. The highest BCUT2D eigenvalue weighted by atomic mass is 16.5. The quantitative estimate of drug-likeness (QED) is 0.346. The van der Waals surface area contributed by atoms with E-state index in [-0.39, 0.29) is 5.97 Å². The van der Waals surface area contributed by atoms with E-state index in [0.717, 1.165) is 26.1 Å². The molecule has 146 valence electrons. The number of carbonyl (C=O) groups excluding carboxylic acids is 1. The standard InChI is InChI=1S/C21H40N2O2/c1-2-3-4-5-6-7-8-9-10-11-12-13-21(24)25-19-20-18-22-14-16-23(20)17-15-22/h20H,2-19H2,1H3. The molecular weight excluding hydrogens is 312 g/mol. The molecule has 1 atom stereocenters. The summed E-state index contributed by atoms with van der Waals surface area (Å²) in [5.74, 6) is 0.00794. The molecule has 3 aliphatic heterocycles. The minimum atomic E-state index is 0.00794. The van der Waals surface area contributed by atoms with Crippen LogP contribution in [0, 0.1) is 0 Å². The highest BCUT2D eigenvalue weighted by Gasteiger charge is 2.32. The van der Waals surface area contributed by atoms with E-state index in [1.807, 2.05) is 0 Å². The van der Waals surface area contributed by atoms with Crippen LogP contribution < -0.4 is 0 Å². The normalized spacial score (nSPS) is 25.2. The monoisotopic (exact) mass is 352 g/mol. The van der Waals surface area contributed by atoms with Crippen molar-refractivity contribution >= 4 is 5.97 Å². The van der Waals surface area contributed by atoms with Gasteiger partial charge in [0.25, 0.3) is 0 Å². The number of hydrogen-bond acceptors (Lipinski definition) is 4. The van der Waals surface area contributed by atoms with Gasteiger partial charge >= 0.3 is 5.97 Å². The van der Waals surface area contributed by atoms with Crippen LogP contribution in [0.15, 0.2) is 0 Å². The Hall–Kier alpha value is -0.610. The Morgan fingerprint density at radius 3 is 1.92 bits per heavy atom. The maximum absolute atomic E-state index is 11.9. The Labute approximate surface area is 155 Å². The maximum Gasteiger partial charge on any atom is 0.305 e. The molecule has 3 fully saturated rings. The van der Waals surface area contributed by atoms with Gasteiger partial charge in [-0.15, -0.1) is 0 Å². The van der Waals surface area contributed by atoms with E-state index in [2.05, 4.69) is 16.7 Å². The molecule has 0 spiro atoms. The second-order valence-corrected chi connectivity index (χ2v) is 7.96. The first-order chi connectivity index (χ1) is 12.3. The lowest BCUT2D eigenvalue weighted by Crippen LogP contribution is -2.62. The van der Waals surface area contributed by atoms with Crippen LogP contribution in [0.4, 0.5) is 0 Å². The number of piperazine rings is 3. The molecule has 0 aromatic carbocycles. The number of hydrogen-bond donors (Lipinski definition) is 0. The molecule has 3 heterocycles. The van der Waals surface area contributed by atoms with Crippen molar-refractivity contribution in [2.24, 2.45) is 0 Å². The fourth-order valence-electron chi connectivity index (χ4n) is 4.08. The molecule has 4 nitrogen and oxygen atoms in total. The first-order valence-electron chi connectivity index (χ1n) is 10.9. The number of carbonyl (C=O) groups is 1. The highest BCUT2D eigenvalue weighted by molar-refractivity contribution is 5.69. The summed E-state index contributed by atoms with van der Waals surface area (Å²) in [6.45, 7) is 8.58. The van der Waals surface area contributed by atoms with Gasteiger partial charge in [-0.25, -0.2) is 0 Å². The van der Waals surface area contributed by atoms with Gasteiger partial charge in [0.2, 0.25) is 0 Å². The zero-order valence-corrected chi connectivity index (χ0v) is 16.5. The van der Waals surface area contributed by atoms with Gasteiger partial charge in [-0.1, -0.05) is 71.1 Å². The van der Waals surface area contributed by atoms with Crippen LogP contribution in [0.3, 0.4) is 0 Å². The van der Waals surface area contributed by atoms with Crippen molar-refractivity contribution in [1.29, 1.82) is 0 Å². The summed E-state index contributed by atoms with van der Waals surface area (Å²) in [5.41, 5.74) is 0. The third-order valence-electron chi connectivity index (χ3n) is 5.81. The van der Waals surface area contributed by atoms with Gasteiger partial charge in [-0.2, -0.15) is 0 Å². The second-order valence-electron chi connectivity index (χ2n) is 7.96. The third kappa shape index (κ3) is 8.54. The van der Waals surface area contributed by atoms with Crippen molar-refractivity contribution in [2.75, 3.05) is 39.3 Å². The lowest BCUT2D eigenvalue weighted by molar-refractivity contribution is -0.147. The number of rotatable bonds is 14. The van der Waals surface area contributed by atoms with Gasteiger partial charge in [0.05, 0.1) is 6.04 Å². The fourth-order valence-corrected chi connectivity index (χ4v) is 4.08. The first-order valence-corrected chi connectivity index (χ1v) is 10.9. The van der Waals surface area contributed by atoms with Crippen molar-refractivity contribution in [1.82, 2.24) is 9.80 Å². The van der Waals surface area contributed by atoms with E-state index in [1.54, 1.807) is 0 Å². The summed E-state index contributed by atoms with van der Waals surface area (Å²) in [6.07, 6.45) is 15.1. The van der Waals surface area contributed by atoms with E-state index >= 15 is 0 Å². The van der Waals surface area contributed by atoms with Crippen LogP contribution >= 0.6 is 0 Å². The largest absolute Gasteiger partial charge is 0.464 e. The summed E-state index contributed by atoms with van der Waals surface area (Å²) in [6, 6.07) is 0.434. The molecule has 0 saturated carbocycles. The van der Waals surface area contributed by atoms with Crippen LogP contribution in [0.1, 0.15) is 84.0 Å². The molecule has 25 heavy (non-hydrogen) atoms. The van der Waals surface area contributed by atoms with Gasteiger partial charge in [0.1, 0.15) is 6.61 Å². The van der Waals surface area contributed by atoms with Crippen molar-refractivity contribution in [3.63, 3.8) is 0 Å². The van der Waals surface area contributed by atoms with Crippen LogP contribution in [-0.4, -0.2) is 61.1 Å². The van der Waals surface area contributed by atoms with Gasteiger partial charge in [-0.05, 0) is 6.42 Å². The van der Waals surface area contributed by atoms with Crippen molar-refractivity contribution < 1.29 is 9.53 Å². The SMILES string of the molecule is CCCCCCCCCCCCCC(=O)OCC1CN2CCN1CC2. The number of unbranched alkanes of at least 4 members (excludes halogenated alkanes) is 10. The van der Waals surface area contributed by atoms with Gasteiger partial charge < -0.3 is 4.74 Å². The van der Waals surface area contributed by atoms with E-state index in [0.29, 0.717) is 19.1 Å². The summed E-state index contributed by atoms with van der Waals surface area (Å²) >= 11 is 0. The Kier molecular flexibility index (Phi) is 10.5. The molecule has 0 aromatic heterocycles. The first kappa shape index (κ1) is 20.7. The molecule has 0 aromatic rings. The zero-order valence-electron chi connectivity index (χ0n) is 16.5. The molecule has 0 N–H and O–H groups in total. The number of fused-ring (bicyclic) bond motifs is 3. The van der Waals surface area contributed by atoms with Crippen LogP contribution in [0.5, 0.6) is 0 Å². The number of ether oxygens (including phenoxy) is 1. The summed E-state index contributed by atoms with van der Waals surface area (Å²) in [7, 11) is 0. The van der Waals surface area contributed by atoms with Crippen molar-refractivity contribution in [2.45, 2.75) is 90.0 Å². The topological polar surface area (TPSA) is 32.8 Å². The van der Waals surface area contributed by atoms with Gasteiger partial charge in [0.15, 0.2) is 0 Å². The Morgan fingerprint density at radius 1 is 0.840 bits per heavy atom. The molecule has 3 rings (SSSR count). The van der Waals surface area contributed by atoms with E-state index < -0.39 is 0 Å². The Morgan fingerprint density at radius 2 is 1.40 bits per heavy atom. The van der Waals surface area contributed by atoms with Gasteiger partial charge in [-0.3, -0.25) is 14.6 Å². The van der Waals surface area contributed by atoms with Crippen molar-refractivity contribution in [3.05, 3.63) is 0 Å². The molecule has 3 aliphatic rings. The Balaban J connectivity index is 1.35. The average Bonchev–Trinajstić information content (AvgIpc) is 2.65. The molecular formula is C21H40N2O2. The molecule has 0 amide bonds. The molecule has 1 unspecified atom stereocenters. The molecule has 4 heteroatoms. The Bertz CT molecular complexity index is 354. The molecule has 0 aliphatic carbocycles. The lowest BCUT2D eigenvalue weighted by Gasteiger charge is -2.47. The summed E-state index contributed by atoms with van der Waals surface area (Å²) in [4.78, 5) is 16.9. The lowest BCUT2D eigenvalue weighted by atomic mass is 10.1. The van der Waals surface area contributed by atoms with E-state index in [1.165, 1.54) is 77.3 Å². The number of esters is 1.